The van der Waals surface area contributed by atoms with Crippen LogP contribution in [0.1, 0.15) is 10.4 Å². The number of carbonyl (C=O) groups excluding carboxylic acids is 2. The predicted octanol–water partition coefficient (Wildman–Crippen LogP) is 2.16. The molecule has 104 valence electrons. The lowest BCUT2D eigenvalue weighted by Gasteiger charge is -2.09. The Bertz CT molecular complexity index is 474. The van der Waals surface area contributed by atoms with Crippen LogP contribution in [0.5, 0.6) is 0 Å². The van der Waals surface area contributed by atoms with Crippen molar-refractivity contribution in [2.75, 3.05) is 19.0 Å². The van der Waals surface area contributed by atoms with E-state index in [1.807, 2.05) is 0 Å². The van der Waals surface area contributed by atoms with Crippen LogP contribution >= 0.6 is 0 Å². The van der Waals surface area contributed by atoms with Crippen molar-refractivity contribution in [2.24, 2.45) is 0 Å². The van der Waals surface area contributed by atoms with Crippen molar-refractivity contribution in [3.05, 3.63) is 29.8 Å². The predicted molar refractivity (Wildman–Crippen MR) is 60.9 cm³/mol. The molecule has 2 N–H and O–H groups in total. The van der Waals surface area contributed by atoms with Gasteiger partial charge in [0.1, 0.15) is 0 Å². The number of hydrogen-bond acceptors (Lipinski definition) is 3. The second-order valence-corrected chi connectivity index (χ2v) is 3.48. The summed E-state index contributed by atoms with van der Waals surface area (Å²) in [5, 5.41) is 4.47. The molecule has 0 aliphatic heterocycles. The monoisotopic (exact) mass is 276 g/mol. The third-order valence-electron chi connectivity index (χ3n) is 1.97. The molecule has 1 aromatic carbocycles. The molecule has 0 aliphatic carbocycles. The van der Waals surface area contributed by atoms with Gasteiger partial charge in [-0.3, -0.25) is 10.1 Å². The van der Waals surface area contributed by atoms with Crippen molar-refractivity contribution in [1.82, 2.24) is 5.32 Å². The van der Waals surface area contributed by atoms with Gasteiger partial charge in [0.05, 0.1) is 0 Å². The Morgan fingerprint density at radius 2 is 2.00 bits per heavy atom. The van der Waals surface area contributed by atoms with E-state index in [0.29, 0.717) is 0 Å². The van der Waals surface area contributed by atoms with E-state index in [1.54, 1.807) is 0 Å². The van der Waals surface area contributed by atoms with E-state index in [1.165, 1.54) is 31.3 Å². The standard InChI is InChI=1S/C11H11F3N2O3/c1-15-9(17)7-3-2-4-8(5-7)16-10(18)19-6-11(12,13)14/h2-5H,6H2,1H3,(H,15,17)(H,16,18). The van der Waals surface area contributed by atoms with Gasteiger partial charge in [-0.2, -0.15) is 13.2 Å². The van der Waals surface area contributed by atoms with Crippen molar-refractivity contribution in [2.45, 2.75) is 6.18 Å². The second kappa shape index (κ2) is 6.07. The molecule has 0 atom stereocenters. The maximum absolute atomic E-state index is 11.8. The SMILES string of the molecule is CNC(=O)c1cccc(NC(=O)OCC(F)(F)F)c1. The highest BCUT2D eigenvalue weighted by Crippen LogP contribution is 2.15. The summed E-state index contributed by atoms with van der Waals surface area (Å²) in [6.07, 6.45) is -5.83. The van der Waals surface area contributed by atoms with Gasteiger partial charge in [-0.05, 0) is 18.2 Å². The molecule has 19 heavy (non-hydrogen) atoms. The molecule has 2 amide bonds. The highest BCUT2D eigenvalue weighted by Gasteiger charge is 2.29. The number of ether oxygens (including phenoxy) is 1. The van der Waals surface area contributed by atoms with Crippen LogP contribution in [-0.4, -0.2) is 31.8 Å². The second-order valence-electron chi connectivity index (χ2n) is 3.48. The van der Waals surface area contributed by atoms with Crippen molar-refractivity contribution in [3.63, 3.8) is 0 Å². The molecule has 0 aliphatic rings. The van der Waals surface area contributed by atoms with E-state index in [0.717, 1.165) is 0 Å². The minimum atomic E-state index is -4.58. The largest absolute Gasteiger partial charge is 0.440 e. The number of rotatable bonds is 3. The number of nitrogens with one attached hydrogen (secondary N) is 2. The van der Waals surface area contributed by atoms with E-state index in [-0.39, 0.29) is 17.2 Å². The van der Waals surface area contributed by atoms with Gasteiger partial charge in [-0.25, -0.2) is 4.79 Å². The lowest BCUT2D eigenvalue weighted by atomic mass is 10.2. The average molecular weight is 276 g/mol. The molecule has 0 aromatic heterocycles. The molecule has 0 spiro atoms. The van der Waals surface area contributed by atoms with Gasteiger partial charge in [-0.1, -0.05) is 6.07 Å². The fraction of sp³-hybridized carbons (Fsp3) is 0.273. The Morgan fingerprint density at radius 1 is 1.32 bits per heavy atom. The zero-order valence-corrected chi connectivity index (χ0v) is 9.88. The molecule has 0 saturated heterocycles. The van der Waals surface area contributed by atoms with E-state index in [2.05, 4.69) is 15.4 Å². The zero-order chi connectivity index (χ0) is 14.5. The Kier molecular flexibility index (Phi) is 4.74. The van der Waals surface area contributed by atoms with Gasteiger partial charge in [0, 0.05) is 18.3 Å². The maximum Gasteiger partial charge on any atom is 0.422 e. The average Bonchev–Trinajstić information content (AvgIpc) is 2.35. The minimum Gasteiger partial charge on any atom is -0.440 e. The van der Waals surface area contributed by atoms with E-state index in [4.69, 9.17) is 0 Å². The first-order valence-electron chi connectivity index (χ1n) is 5.14. The van der Waals surface area contributed by atoms with Gasteiger partial charge in [0.25, 0.3) is 5.91 Å². The molecule has 0 unspecified atom stereocenters. The van der Waals surface area contributed by atoms with Crippen molar-refractivity contribution >= 4 is 17.7 Å². The summed E-state index contributed by atoms with van der Waals surface area (Å²) >= 11 is 0. The lowest BCUT2D eigenvalue weighted by molar-refractivity contribution is -0.159. The Labute approximate surface area is 106 Å². The summed E-state index contributed by atoms with van der Waals surface area (Å²) in [4.78, 5) is 22.4. The normalized spacial score (nSPS) is 10.7. The van der Waals surface area contributed by atoms with Crippen molar-refractivity contribution in [3.8, 4) is 0 Å². The van der Waals surface area contributed by atoms with Gasteiger partial charge in [0.15, 0.2) is 6.61 Å². The van der Waals surface area contributed by atoms with Crippen LogP contribution in [0.3, 0.4) is 0 Å². The molecular weight excluding hydrogens is 265 g/mol. The van der Waals surface area contributed by atoms with Crippen LogP contribution in [0.4, 0.5) is 23.7 Å². The summed E-state index contributed by atoms with van der Waals surface area (Å²) in [6.45, 7) is -1.67. The van der Waals surface area contributed by atoms with Gasteiger partial charge in [-0.15, -0.1) is 0 Å². The molecule has 1 aromatic rings. The number of anilines is 1. The summed E-state index contributed by atoms with van der Waals surface area (Å²) in [7, 11) is 1.43. The van der Waals surface area contributed by atoms with Gasteiger partial charge in [0.2, 0.25) is 0 Å². The van der Waals surface area contributed by atoms with Crippen LogP contribution in [0, 0.1) is 0 Å². The quantitative estimate of drug-likeness (QED) is 0.889. The summed E-state index contributed by atoms with van der Waals surface area (Å²) in [5.74, 6) is -0.382. The first kappa shape index (κ1) is 14.8. The summed E-state index contributed by atoms with van der Waals surface area (Å²) in [5.41, 5.74) is 0.421. The minimum absolute atomic E-state index is 0.160. The number of alkyl halides is 3. The van der Waals surface area contributed by atoms with Crippen LogP contribution in [0.25, 0.3) is 0 Å². The summed E-state index contributed by atoms with van der Waals surface area (Å²) < 4.78 is 39.4. The third kappa shape index (κ3) is 5.28. The fourth-order valence-corrected chi connectivity index (χ4v) is 1.18. The number of amides is 2. The maximum atomic E-state index is 11.8. The molecule has 1 rings (SSSR count). The third-order valence-corrected chi connectivity index (χ3v) is 1.97. The fourth-order valence-electron chi connectivity index (χ4n) is 1.18. The number of halogens is 3. The molecule has 0 saturated carbocycles. The highest BCUT2D eigenvalue weighted by atomic mass is 19.4. The van der Waals surface area contributed by atoms with Crippen LogP contribution in [0.2, 0.25) is 0 Å². The van der Waals surface area contributed by atoms with E-state index >= 15 is 0 Å². The molecular formula is C11H11F3N2O3. The Balaban J connectivity index is 2.62. The Hall–Kier alpha value is -2.25. The topological polar surface area (TPSA) is 67.4 Å². The zero-order valence-electron chi connectivity index (χ0n) is 9.88. The number of hydrogen-bond donors (Lipinski definition) is 2. The smallest absolute Gasteiger partial charge is 0.422 e. The Morgan fingerprint density at radius 3 is 2.58 bits per heavy atom. The summed E-state index contributed by atoms with van der Waals surface area (Å²) in [6, 6.07) is 5.70. The number of benzene rings is 1. The molecule has 5 nitrogen and oxygen atoms in total. The van der Waals surface area contributed by atoms with Crippen molar-refractivity contribution in [1.29, 1.82) is 0 Å². The first-order valence-corrected chi connectivity index (χ1v) is 5.14. The lowest BCUT2D eigenvalue weighted by Crippen LogP contribution is -2.23. The number of carbonyl (C=O) groups is 2. The van der Waals surface area contributed by atoms with Crippen LogP contribution in [-0.2, 0) is 4.74 Å². The molecule has 0 heterocycles. The van der Waals surface area contributed by atoms with Crippen LogP contribution in [0.15, 0.2) is 24.3 Å². The first-order chi connectivity index (χ1) is 8.81. The molecule has 8 heteroatoms. The van der Waals surface area contributed by atoms with Gasteiger partial charge >= 0.3 is 12.3 Å². The van der Waals surface area contributed by atoms with E-state index in [9.17, 15) is 22.8 Å². The highest BCUT2D eigenvalue weighted by molar-refractivity contribution is 5.96. The van der Waals surface area contributed by atoms with E-state index < -0.39 is 18.9 Å². The molecule has 0 bridgehead atoms. The van der Waals surface area contributed by atoms with Gasteiger partial charge < -0.3 is 10.1 Å². The van der Waals surface area contributed by atoms with Crippen LogP contribution < -0.4 is 10.6 Å². The van der Waals surface area contributed by atoms with Crippen molar-refractivity contribution < 1.29 is 27.5 Å². The molecule has 0 radical (unpaired) electrons. The molecule has 0 fully saturated rings.